The lowest BCUT2D eigenvalue weighted by atomic mass is 10.0. The third-order valence-electron chi connectivity index (χ3n) is 7.67. The molecule has 45 heavy (non-hydrogen) atoms. The number of amides is 2. The quantitative estimate of drug-likeness (QED) is 0.222. The number of primary amides is 1. The van der Waals surface area contributed by atoms with Crippen molar-refractivity contribution in [1.29, 1.82) is 0 Å². The Morgan fingerprint density at radius 2 is 1.64 bits per heavy atom. The van der Waals surface area contributed by atoms with E-state index in [2.05, 4.69) is 20.6 Å². The Kier molecular flexibility index (Phi) is 8.18. The van der Waals surface area contributed by atoms with Crippen LogP contribution < -0.4 is 26.0 Å². The molecule has 1 aliphatic carbocycles. The van der Waals surface area contributed by atoms with Crippen LogP contribution in [-0.4, -0.2) is 60.7 Å². The van der Waals surface area contributed by atoms with Crippen molar-refractivity contribution in [2.24, 2.45) is 11.1 Å². The van der Waals surface area contributed by atoms with Gasteiger partial charge < -0.3 is 21.1 Å². The van der Waals surface area contributed by atoms with Crippen LogP contribution in [0.15, 0.2) is 90.0 Å². The molecule has 4 aromatic rings. The molecule has 3 aromatic carbocycles. The fourth-order valence-corrected chi connectivity index (χ4v) is 6.51. The number of carbonyl (C=O) groups excluding carboxylic acids is 2. The molecular weight excluding hydrogens is 601 g/mol. The van der Waals surface area contributed by atoms with Gasteiger partial charge in [0.25, 0.3) is 0 Å². The zero-order valence-corrected chi connectivity index (χ0v) is 24.8. The Labute approximate surface area is 259 Å². The number of hydrogen-bond acceptors (Lipinski definition) is 9. The molecular formula is C31H30FN7O5S. The molecule has 6 rings (SSSR count). The van der Waals surface area contributed by atoms with Gasteiger partial charge in [-0.3, -0.25) is 14.5 Å². The van der Waals surface area contributed by atoms with E-state index < -0.39 is 33.1 Å². The zero-order chi connectivity index (χ0) is 31.6. The average molecular weight is 632 g/mol. The van der Waals surface area contributed by atoms with E-state index in [1.165, 1.54) is 45.7 Å². The van der Waals surface area contributed by atoms with Gasteiger partial charge in [0.2, 0.25) is 33.7 Å². The van der Waals surface area contributed by atoms with Crippen LogP contribution in [0.25, 0.3) is 0 Å². The van der Waals surface area contributed by atoms with E-state index in [1.54, 1.807) is 48.5 Å². The first-order chi connectivity index (χ1) is 21.7. The summed E-state index contributed by atoms with van der Waals surface area (Å²) in [7, 11) is -3.65. The van der Waals surface area contributed by atoms with Crippen LogP contribution in [0.3, 0.4) is 0 Å². The third-order valence-corrected chi connectivity index (χ3v) is 9.56. The maximum Gasteiger partial charge on any atom is 0.247 e. The first-order valence-electron chi connectivity index (χ1n) is 14.2. The summed E-state index contributed by atoms with van der Waals surface area (Å²) in [5, 5.41) is 6.17. The molecule has 0 unspecified atom stereocenters. The molecule has 2 fully saturated rings. The first kappa shape index (κ1) is 30.1. The Morgan fingerprint density at radius 3 is 2.29 bits per heavy atom. The molecule has 0 atom stereocenters. The van der Waals surface area contributed by atoms with Crippen LogP contribution in [0.2, 0.25) is 0 Å². The van der Waals surface area contributed by atoms with Crippen LogP contribution >= 0.6 is 0 Å². The summed E-state index contributed by atoms with van der Waals surface area (Å²) < 4.78 is 47.2. The van der Waals surface area contributed by atoms with E-state index in [9.17, 15) is 22.4 Å². The second kappa shape index (κ2) is 12.2. The number of carbonyl (C=O) groups is 2. The number of hydrogen-bond donors (Lipinski definition) is 3. The van der Waals surface area contributed by atoms with Crippen LogP contribution in [0.1, 0.15) is 12.8 Å². The minimum Gasteiger partial charge on any atom is -0.439 e. The van der Waals surface area contributed by atoms with E-state index >= 15 is 0 Å². The Balaban J connectivity index is 1.18. The Bertz CT molecular complexity index is 1830. The van der Waals surface area contributed by atoms with Gasteiger partial charge in [-0.2, -0.15) is 9.29 Å². The minimum atomic E-state index is -3.65. The summed E-state index contributed by atoms with van der Waals surface area (Å²) in [6.07, 6.45) is 2.19. The van der Waals surface area contributed by atoms with E-state index in [0.717, 1.165) is 0 Å². The molecule has 0 radical (unpaired) electrons. The number of benzene rings is 3. The molecule has 232 valence electrons. The average Bonchev–Trinajstić information content (AvgIpc) is 3.86. The van der Waals surface area contributed by atoms with Crippen molar-refractivity contribution in [3.05, 3.63) is 90.9 Å². The highest BCUT2D eigenvalue weighted by Gasteiger charge is 2.57. The number of nitrogens with two attached hydrogens (primary N) is 1. The molecule has 4 N–H and O–H groups in total. The molecule has 2 heterocycles. The molecule has 2 amide bonds. The van der Waals surface area contributed by atoms with Crippen LogP contribution in [-0.2, 0) is 19.6 Å². The number of anilines is 4. The molecule has 12 nitrogen and oxygen atoms in total. The number of nitrogens with zero attached hydrogens (tertiary/aromatic N) is 4. The summed E-state index contributed by atoms with van der Waals surface area (Å²) in [5.41, 5.74) is 5.59. The van der Waals surface area contributed by atoms with Gasteiger partial charge in [0.15, 0.2) is 0 Å². The smallest absolute Gasteiger partial charge is 0.247 e. The maximum absolute atomic E-state index is 13.6. The maximum atomic E-state index is 13.6. The summed E-state index contributed by atoms with van der Waals surface area (Å²) >= 11 is 0. The molecule has 0 spiro atoms. The van der Waals surface area contributed by atoms with Crippen molar-refractivity contribution in [2.75, 3.05) is 36.4 Å². The third kappa shape index (κ3) is 6.34. The van der Waals surface area contributed by atoms with E-state index in [0.29, 0.717) is 61.8 Å². The fraction of sp³-hybridized carbons (Fsp3) is 0.226. The molecule has 1 saturated heterocycles. The Hall–Kier alpha value is -4.92. The van der Waals surface area contributed by atoms with Crippen molar-refractivity contribution in [3.8, 4) is 11.6 Å². The standard InChI is InChI=1S/C31H30FN7O5S/c32-21-4-6-23(7-5-21)39(29(41)31(13-14-31)28(33)40)24-8-10-25(11-9-24)44-27-12-15-35-30(37-27)36-22-2-1-3-26(20-22)45(42,43)38-18-16-34-17-19-38/h1-12,15,20,34H,13-14,16-19H2,(H2,33,40)(H,35,36,37). The summed E-state index contributed by atoms with van der Waals surface area (Å²) in [5.74, 6) is -0.836. The second-order valence-corrected chi connectivity index (χ2v) is 12.6. The fourth-order valence-electron chi connectivity index (χ4n) is 5.02. The highest BCUT2D eigenvalue weighted by molar-refractivity contribution is 7.89. The monoisotopic (exact) mass is 631 g/mol. The lowest BCUT2D eigenvalue weighted by Crippen LogP contribution is -2.46. The largest absolute Gasteiger partial charge is 0.439 e. The van der Waals surface area contributed by atoms with Gasteiger partial charge in [-0.25, -0.2) is 17.8 Å². The van der Waals surface area contributed by atoms with Gasteiger partial charge in [-0.15, -0.1) is 0 Å². The summed E-state index contributed by atoms with van der Waals surface area (Å²) in [6, 6.07) is 19.9. The van der Waals surface area contributed by atoms with E-state index in [4.69, 9.17) is 10.5 Å². The topological polar surface area (TPSA) is 160 Å². The molecule has 14 heteroatoms. The van der Waals surface area contributed by atoms with Crippen molar-refractivity contribution in [2.45, 2.75) is 17.7 Å². The Morgan fingerprint density at radius 1 is 0.978 bits per heavy atom. The number of rotatable bonds is 10. The molecule has 0 bridgehead atoms. The predicted molar refractivity (Wildman–Crippen MR) is 164 cm³/mol. The summed E-state index contributed by atoms with van der Waals surface area (Å²) in [4.78, 5) is 35.7. The molecule has 1 aliphatic heterocycles. The van der Waals surface area contributed by atoms with Gasteiger partial charge in [0.1, 0.15) is 17.0 Å². The highest BCUT2D eigenvalue weighted by Crippen LogP contribution is 2.49. The lowest BCUT2D eigenvalue weighted by Gasteiger charge is -2.26. The van der Waals surface area contributed by atoms with Crippen molar-refractivity contribution in [1.82, 2.24) is 19.6 Å². The van der Waals surface area contributed by atoms with Crippen LogP contribution in [0.4, 0.5) is 27.4 Å². The van der Waals surface area contributed by atoms with Crippen molar-refractivity contribution in [3.63, 3.8) is 0 Å². The molecule has 2 aliphatic rings. The first-order valence-corrected chi connectivity index (χ1v) is 15.7. The van der Waals surface area contributed by atoms with Gasteiger partial charge in [0.05, 0.1) is 4.90 Å². The molecule has 1 saturated carbocycles. The van der Waals surface area contributed by atoms with Gasteiger partial charge in [0, 0.05) is 55.5 Å². The van der Waals surface area contributed by atoms with Gasteiger partial charge >= 0.3 is 0 Å². The normalized spacial score (nSPS) is 16.0. The van der Waals surface area contributed by atoms with Gasteiger partial charge in [-0.1, -0.05) is 6.07 Å². The van der Waals surface area contributed by atoms with Crippen molar-refractivity contribution < 1.29 is 27.1 Å². The van der Waals surface area contributed by atoms with Gasteiger partial charge in [-0.05, 0) is 79.6 Å². The van der Waals surface area contributed by atoms with Crippen LogP contribution in [0, 0.1) is 11.2 Å². The second-order valence-electron chi connectivity index (χ2n) is 10.7. The minimum absolute atomic E-state index is 0.165. The number of ether oxygens (including phenoxy) is 1. The number of halogens is 1. The SMILES string of the molecule is NC(=O)C1(C(=O)N(c2ccc(F)cc2)c2ccc(Oc3ccnc(Nc4cccc(S(=O)(=O)N5CCNCC5)c4)n3)cc2)CC1. The lowest BCUT2D eigenvalue weighted by molar-refractivity contribution is -0.133. The number of sulfonamides is 1. The van der Waals surface area contributed by atoms with Crippen molar-refractivity contribution >= 4 is 44.8 Å². The van der Waals surface area contributed by atoms with E-state index in [1.807, 2.05) is 0 Å². The summed E-state index contributed by atoms with van der Waals surface area (Å²) in [6.45, 7) is 2.00. The van der Waals surface area contributed by atoms with Crippen LogP contribution in [0.5, 0.6) is 11.6 Å². The predicted octanol–water partition coefficient (Wildman–Crippen LogP) is 3.68. The van der Waals surface area contributed by atoms with E-state index in [-0.39, 0.29) is 16.7 Å². The zero-order valence-electron chi connectivity index (χ0n) is 24.0. The molecule has 1 aromatic heterocycles. The highest BCUT2D eigenvalue weighted by atomic mass is 32.2. The number of nitrogens with one attached hydrogen (secondary N) is 2. The number of piperazine rings is 1. The number of aromatic nitrogens is 2.